The molecule has 0 saturated heterocycles. The maximum absolute atomic E-state index is 11.9. The monoisotopic (exact) mass is 289 g/mol. The summed E-state index contributed by atoms with van der Waals surface area (Å²) in [7, 11) is 2.02. The quantitative estimate of drug-likeness (QED) is 0.491. The van der Waals surface area contributed by atoms with Crippen LogP contribution in [0.15, 0.2) is 63.9 Å². The SMILES string of the molecule is Cc1ccc2oc(=O)cc(-c3cn(C)c4ccccc34)c2c1. The van der Waals surface area contributed by atoms with Crippen LogP contribution < -0.4 is 5.63 Å². The molecular weight excluding hydrogens is 274 g/mol. The van der Waals surface area contributed by atoms with E-state index in [1.165, 1.54) is 0 Å². The second kappa shape index (κ2) is 4.60. The lowest BCUT2D eigenvalue weighted by molar-refractivity contribution is 0.561. The van der Waals surface area contributed by atoms with Crippen molar-refractivity contribution < 1.29 is 4.42 Å². The molecule has 0 aliphatic carbocycles. The fraction of sp³-hybridized carbons (Fsp3) is 0.105. The molecule has 0 aliphatic rings. The van der Waals surface area contributed by atoms with Gasteiger partial charge in [0.1, 0.15) is 5.58 Å². The van der Waals surface area contributed by atoms with Crippen molar-refractivity contribution in [1.82, 2.24) is 4.57 Å². The number of aryl methyl sites for hydroxylation is 2. The standard InChI is InChI=1S/C19H15NO2/c1-12-7-8-18-15(9-12)14(10-19(21)22-18)16-11-20(2)17-6-4-3-5-13(16)17/h3-11H,1-2H3. The highest BCUT2D eigenvalue weighted by Gasteiger charge is 2.13. The first kappa shape index (κ1) is 12.9. The zero-order valence-corrected chi connectivity index (χ0v) is 12.5. The first-order chi connectivity index (χ1) is 10.6. The molecule has 0 N–H and O–H groups in total. The predicted octanol–water partition coefficient (Wildman–Crippen LogP) is 4.26. The molecule has 2 aromatic heterocycles. The molecule has 108 valence electrons. The van der Waals surface area contributed by atoms with E-state index >= 15 is 0 Å². The van der Waals surface area contributed by atoms with Crippen LogP contribution >= 0.6 is 0 Å². The van der Waals surface area contributed by atoms with Crippen LogP contribution in [0.3, 0.4) is 0 Å². The van der Waals surface area contributed by atoms with Gasteiger partial charge in [0.25, 0.3) is 0 Å². The number of nitrogens with zero attached hydrogens (tertiary/aromatic N) is 1. The molecule has 3 nitrogen and oxygen atoms in total. The highest BCUT2D eigenvalue weighted by atomic mass is 16.4. The van der Waals surface area contributed by atoms with Gasteiger partial charge in [-0.1, -0.05) is 29.8 Å². The lowest BCUT2D eigenvalue weighted by atomic mass is 10.0. The summed E-state index contributed by atoms with van der Waals surface area (Å²) in [5.74, 6) is 0. The van der Waals surface area contributed by atoms with E-state index in [0.717, 1.165) is 33.0 Å². The predicted molar refractivity (Wildman–Crippen MR) is 89.1 cm³/mol. The average molecular weight is 289 g/mol. The van der Waals surface area contributed by atoms with E-state index in [-0.39, 0.29) is 5.63 Å². The Morgan fingerprint density at radius 2 is 1.77 bits per heavy atom. The minimum Gasteiger partial charge on any atom is -0.423 e. The number of rotatable bonds is 1. The smallest absolute Gasteiger partial charge is 0.336 e. The normalized spacial score (nSPS) is 11.4. The van der Waals surface area contributed by atoms with Gasteiger partial charge < -0.3 is 8.98 Å². The van der Waals surface area contributed by atoms with Crippen molar-refractivity contribution in [3.63, 3.8) is 0 Å². The Balaban J connectivity index is 2.16. The third-order valence-electron chi connectivity index (χ3n) is 4.09. The molecule has 22 heavy (non-hydrogen) atoms. The molecule has 4 rings (SSSR count). The molecule has 0 unspecified atom stereocenters. The highest BCUT2D eigenvalue weighted by Crippen LogP contribution is 2.34. The molecule has 0 radical (unpaired) electrons. The van der Waals surface area contributed by atoms with Gasteiger partial charge in [-0.15, -0.1) is 0 Å². The number of hydrogen-bond donors (Lipinski definition) is 0. The molecule has 4 aromatic rings. The number of para-hydroxylation sites is 1. The summed E-state index contributed by atoms with van der Waals surface area (Å²) in [5, 5.41) is 2.11. The summed E-state index contributed by atoms with van der Waals surface area (Å²) in [5.41, 5.74) is 4.57. The summed E-state index contributed by atoms with van der Waals surface area (Å²) in [6, 6.07) is 15.7. The van der Waals surface area contributed by atoms with Crippen LogP contribution in [0.25, 0.3) is 33.0 Å². The van der Waals surface area contributed by atoms with Gasteiger partial charge in [-0.3, -0.25) is 0 Å². The number of benzene rings is 2. The topological polar surface area (TPSA) is 35.1 Å². The van der Waals surface area contributed by atoms with E-state index in [1.807, 2.05) is 38.2 Å². The summed E-state index contributed by atoms with van der Waals surface area (Å²) in [6.07, 6.45) is 2.07. The van der Waals surface area contributed by atoms with Crippen LogP contribution in [-0.4, -0.2) is 4.57 Å². The highest BCUT2D eigenvalue weighted by molar-refractivity contribution is 6.03. The Morgan fingerprint density at radius 3 is 2.64 bits per heavy atom. The van der Waals surface area contributed by atoms with E-state index in [0.29, 0.717) is 5.58 Å². The second-order valence-electron chi connectivity index (χ2n) is 5.65. The first-order valence-corrected chi connectivity index (χ1v) is 7.22. The summed E-state index contributed by atoms with van der Waals surface area (Å²) in [4.78, 5) is 11.9. The molecule has 0 atom stereocenters. The molecule has 3 heteroatoms. The minimum absolute atomic E-state index is 0.320. The van der Waals surface area contributed by atoms with Crippen molar-refractivity contribution in [3.8, 4) is 11.1 Å². The van der Waals surface area contributed by atoms with Gasteiger partial charge >= 0.3 is 5.63 Å². The lowest BCUT2D eigenvalue weighted by Gasteiger charge is -2.05. The van der Waals surface area contributed by atoms with Crippen LogP contribution in [-0.2, 0) is 7.05 Å². The van der Waals surface area contributed by atoms with E-state index < -0.39 is 0 Å². The Morgan fingerprint density at radius 1 is 0.955 bits per heavy atom. The zero-order chi connectivity index (χ0) is 15.3. The van der Waals surface area contributed by atoms with E-state index in [9.17, 15) is 4.79 Å². The second-order valence-corrected chi connectivity index (χ2v) is 5.65. The van der Waals surface area contributed by atoms with Gasteiger partial charge in [0.15, 0.2) is 0 Å². The van der Waals surface area contributed by atoms with Crippen LogP contribution in [0.1, 0.15) is 5.56 Å². The third kappa shape index (κ3) is 1.86. The van der Waals surface area contributed by atoms with Crippen molar-refractivity contribution in [2.45, 2.75) is 6.92 Å². The zero-order valence-electron chi connectivity index (χ0n) is 12.5. The largest absolute Gasteiger partial charge is 0.423 e. The van der Waals surface area contributed by atoms with E-state index in [4.69, 9.17) is 4.42 Å². The van der Waals surface area contributed by atoms with Crippen LogP contribution in [0.4, 0.5) is 0 Å². The van der Waals surface area contributed by atoms with Crippen LogP contribution in [0.2, 0.25) is 0 Å². The Labute approximate surface area is 127 Å². The Kier molecular flexibility index (Phi) is 2.70. The maximum atomic E-state index is 11.9. The van der Waals surface area contributed by atoms with Crippen molar-refractivity contribution in [2.24, 2.45) is 7.05 Å². The third-order valence-corrected chi connectivity index (χ3v) is 4.09. The molecule has 0 amide bonds. The summed E-state index contributed by atoms with van der Waals surface area (Å²) in [6.45, 7) is 2.04. The first-order valence-electron chi connectivity index (χ1n) is 7.22. The van der Waals surface area contributed by atoms with Crippen LogP contribution in [0, 0.1) is 6.92 Å². The fourth-order valence-corrected chi connectivity index (χ4v) is 3.06. The molecule has 0 aliphatic heterocycles. The molecule has 2 heterocycles. The summed E-state index contributed by atoms with van der Waals surface area (Å²) >= 11 is 0. The van der Waals surface area contributed by atoms with Crippen molar-refractivity contribution >= 4 is 21.9 Å². The average Bonchev–Trinajstić information content (AvgIpc) is 2.85. The fourth-order valence-electron chi connectivity index (χ4n) is 3.06. The van der Waals surface area contributed by atoms with E-state index in [1.54, 1.807) is 6.07 Å². The van der Waals surface area contributed by atoms with Gasteiger partial charge in [-0.25, -0.2) is 4.79 Å². The summed E-state index contributed by atoms with van der Waals surface area (Å²) < 4.78 is 7.42. The molecular formula is C19H15NO2. The molecule has 0 saturated carbocycles. The Hall–Kier alpha value is -2.81. The van der Waals surface area contributed by atoms with Gasteiger partial charge in [-0.05, 0) is 25.1 Å². The Bertz CT molecular complexity index is 1070. The van der Waals surface area contributed by atoms with Crippen molar-refractivity contribution in [3.05, 3.63) is 70.7 Å². The number of aromatic nitrogens is 1. The lowest BCUT2D eigenvalue weighted by Crippen LogP contribution is -1.98. The number of hydrogen-bond acceptors (Lipinski definition) is 2. The van der Waals surface area contributed by atoms with Crippen molar-refractivity contribution in [2.75, 3.05) is 0 Å². The van der Waals surface area contributed by atoms with Gasteiger partial charge in [0.05, 0.1) is 0 Å². The van der Waals surface area contributed by atoms with Crippen molar-refractivity contribution in [1.29, 1.82) is 0 Å². The minimum atomic E-state index is -0.320. The number of fused-ring (bicyclic) bond motifs is 2. The van der Waals surface area contributed by atoms with Crippen LogP contribution in [0.5, 0.6) is 0 Å². The van der Waals surface area contributed by atoms with E-state index in [2.05, 4.69) is 29.0 Å². The molecule has 2 aromatic carbocycles. The maximum Gasteiger partial charge on any atom is 0.336 e. The van der Waals surface area contributed by atoms with Gasteiger partial charge in [0, 0.05) is 46.7 Å². The molecule has 0 spiro atoms. The van der Waals surface area contributed by atoms with Gasteiger partial charge in [-0.2, -0.15) is 0 Å². The molecule has 0 bridgehead atoms. The molecule has 0 fully saturated rings. The van der Waals surface area contributed by atoms with Gasteiger partial charge in [0.2, 0.25) is 0 Å².